The van der Waals surface area contributed by atoms with Crippen LogP contribution in [0.25, 0.3) is 0 Å². The van der Waals surface area contributed by atoms with Crippen molar-refractivity contribution in [3.8, 4) is 0 Å². The third kappa shape index (κ3) is 10.0. The third-order valence-corrected chi connectivity index (χ3v) is 4.35. The molecule has 0 radical (unpaired) electrons. The van der Waals surface area contributed by atoms with Crippen molar-refractivity contribution < 1.29 is 22.7 Å². The number of ether oxygens (including phenoxy) is 2. The predicted molar refractivity (Wildman–Crippen MR) is 107 cm³/mol. The Morgan fingerprint density at radius 2 is 1.76 bits per heavy atom. The first-order valence-corrected chi connectivity index (χ1v) is 10.1. The summed E-state index contributed by atoms with van der Waals surface area (Å²) in [5.41, 5.74) is 0. The zero-order valence-corrected chi connectivity index (χ0v) is 18.2. The summed E-state index contributed by atoms with van der Waals surface area (Å²) in [5.74, 6) is 0.766. The standard InChI is InChI=1S/C14H28N4O5S.HI/c1-4-23-14(19)18-8-6-17(7-9-18)13(15-2)16-5-10-22-11-12-24(3,20)21;/h4-12H2,1-3H3,(H,15,16);1H. The summed E-state index contributed by atoms with van der Waals surface area (Å²) < 4.78 is 32.2. The van der Waals surface area contributed by atoms with Gasteiger partial charge in [-0.2, -0.15) is 0 Å². The summed E-state index contributed by atoms with van der Waals surface area (Å²) >= 11 is 0. The number of carbonyl (C=O) groups excluding carboxylic acids is 1. The molecule has 0 bridgehead atoms. The molecule has 0 spiro atoms. The van der Waals surface area contributed by atoms with Crippen molar-refractivity contribution in [3.63, 3.8) is 0 Å². The van der Waals surface area contributed by atoms with E-state index >= 15 is 0 Å². The summed E-state index contributed by atoms with van der Waals surface area (Å²) in [4.78, 5) is 19.6. The van der Waals surface area contributed by atoms with Crippen LogP contribution in [0.1, 0.15) is 6.92 Å². The molecule has 0 aliphatic carbocycles. The lowest BCUT2D eigenvalue weighted by molar-refractivity contribution is 0.0913. The number of aliphatic imine (C=N–C) groups is 1. The number of guanidine groups is 1. The number of piperazine rings is 1. The Morgan fingerprint density at radius 3 is 2.28 bits per heavy atom. The van der Waals surface area contributed by atoms with Gasteiger partial charge in [-0.1, -0.05) is 0 Å². The van der Waals surface area contributed by atoms with Crippen LogP contribution in [0.4, 0.5) is 4.79 Å². The topological polar surface area (TPSA) is 101 Å². The molecular weight excluding hydrogens is 463 g/mol. The van der Waals surface area contributed by atoms with Gasteiger partial charge in [0.15, 0.2) is 5.96 Å². The van der Waals surface area contributed by atoms with Crippen LogP contribution in [0.2, 0.25) is 0 Å². The minimum atomic E-state index is -2.99. The first-order chi connectivity index (χ1) is 11.4. The zero-order valence-electron chi connectivity index (χ0n) is 15.1. The molecule has 1 amide bonds. The van der Waals surface area contributed by atoms with Gasteiger partial charge in [-0.3, -0.25) is 4.99 Å². The predicted octanol–water partition coefficient (Wildman–Crippen LogP) is 0.0151. The molecule has 0 saturated carbocycles. The highest BCUT2D eigenvalue weighted by Gasteiger charge is 2.23. The van der Waals surface area contributed by atoms with Gasteiger partial charge in [0.1, 0.15) is 9.84 Å². The Kier molecular flexibility index (Phi) is 12.1. The summed E-state index contributed by atoms with van der Waals surface area (Å²) in [5, 5.41) is 3.17. The van der Waals surface area contributed by atoms with Gasteiger partial charge in [0.2, 0.25) is 0 Å². The molecule has 1 fully saturated rings. The van der Waals surface area contributed by atoms with Crippen LogP contribution in [0, 0.1) is 0 Å². The molecule has 0 atom stereocenters. The number of hydrogen-bond acceptors (Lipinski definition) is 6. The van der Waals surface area contributed by atoms with E-state index in [0.29, 0.717) is 45.9 Å². The van der Waals surface area contributed by atoms with Crippen molar-refractivity contribution in [2.45, 2.75) is 6.92 Å². The number of halogens is 1. The van der Waals surface area contributed by atoms with Crippen LogP contribution in [0.3, 0.4) is 0 Å². The van der Waals surface area contributed by atoms with Gasteiger partial charge in [-0.25, -0.2) is 13.2 Å². The fourth-order valence-corrected chi connectivity index (χ4v) is 2.62. The fourth-order valence-electron chi connectivity index (χ4n) is 2.20. The Bertz CT molecular complexity index is 521. The lowest BCUT2D eigenvalue weighted by Gasteiger charge is -2.35. The first-order valence-electron chi connectivity index (χ1n) is 8.00. The molecular formula is C14H29IN4O5S. The smallest absolute Gasteiger partial charge is 0.409 e. The Hall–Kier alpha value is -0.820. The minimum Gasteiger partial charge on any atom is -0.450 e. The fraction of sp³-hybridized carbons (Fsp3) is 0.857. The molecule has 1 N–H and O–H groups in total. The number of nitrogens with one attached hydrogen (secondary N) is 1. The molecule has 1 aliphatic heterocycles. The molecule has 0 unspecified atom stereocenters. The molecule has 25 heavy (non-hydrogen) atoms. The van der Waals surface area contributed by atoms with E-state index < -0.39 is 9.84 Å². The molecule has 1 aliphatic rings. The second-order valence-corrected chi connectivity index (χ2v) is 7.65. The van der Waals surface area contributed by atoms with Crippen molar-refractivity contribution in [2.24, 2.45) is 4.99 Å². The van der Waals surface area contributed by atoms with E-state index in [1.165, 1.54) is 6.26 Å². The van der Waals surface area contributed by atoms with Crippen LogP contribution in [0.15, 0.2) is 4.99 Å². The first kappa shape index (κ1) is 24.2. The van der Waals surface area contributed by atoms with Crippen LogP contribution >= 0.6 is 24.0 Å². The minimum absolute atomic E-state index is 0. The van der Waals surface area contributed by atoms with Gasteiger partial charge in [-0.05, 0) is 6.92 Å². The Labute approximate surface area is 167 Å². The number of carbonyl (C=O) groups is 1. The SMILES string of the molecule is CCOC(=O)N1CCN(C(=NC)NCCOCCS(C)(=O)=O)CC1.I. The van der Waals surface area contributed by atoms with Gasteiger partial charge in [0, 0.05) is 46.0 Å². The van der Waals surface area contributed by atoms with Crippen LogP contribution in [0.5, 0.6) is 0 Å². The highest BCUT2D eigenvalue weighted by Crippen LogP contribution is 2.04. The number of rotatable bonds is 7. The van der Waals surface area contributed by atoms with Gasteiger partial charge >= 0.3 is 6.09 Å². The van der Waals surface area contributed by atoms with E-state index in [1.807, 2.05) is 0 Å². The van der Waals surface area contributed by atoms with Crippen molar-refractivity contribution in [1.29, 1.82) is 0 Å². The number of amides is 1. The Morgan fingerprint density at radius 1 is 1.16 bits per heavy atom. The third-order valence-electron chi connectivity index (χ3n) is 3.44. The largest absolute Gasteiger partial charge is 0.450 e. The van der Waals surface area contributed by atoms with E-state index in [1.54, 1.807) is 18.9 Å². The van der Waals surface area contributed by atoms with E-state index in [0.717, 1.165) is 5.96 Å². The average molecular weight is 492 g/mol. The van der Waals surface area contributed by atoms with Crippen molar-refractivity contribution in [2.75, 3.05) is 71.6 Å². The molecule has 11 heteroatoms. The number of nitrogens with zero attached hydrogens (tertiary/aromatic N) is 3. The zero-order chi connectivity index (χ0) is 18.0. The second-order valence-electron chi connectivity index (χ2n) is 5.39. The molecule has 0 aromatic rings. The lowest BCUT2D eigenvalue weighted by Crippen LogP contribution is -2.54. The monoisotopic (exact) mass is 492 g/mol. The van der Waals surface area contributed by atoms with E-state index in [9.17, 15) is 13.2 Å². The summed E-state index contributed by atoms with van der Waals surface area (Å²) in [7, 11) is -1.29. The Balaban J connectivity index is 0.00000576. The molecule has 1 saturated heterocycles. The van der Waals surface area contributed by atoms with Crippen LogP contribution in [-0.4, -0.2) is 102 Å². The number of sulfone groups is 1. The maximum atomic E-state index is 11.7. The van der Waals surface area contributed by atoms with Crippen molar-refractivity contribution in [3.05, 3.63) is 0 Å². The van der Waals surface area contributed by atoms with Crippen LogP contribution in [-0.2, 0) is 19.3 Å². The quantitative estimate of drug-likeness (QED) is 0.232. The van der Waals surface area contributed by atoms with Gasteiger partial charge < -0.3 is 24.6 Å². The van der Waals surface area contributed by atoms with E-state index in [2.05, 4.69) is 15.2 Å². The number of hydrogen-bond donors (Lipinski definition) is 1. The van der Waals surface area contributed by atoms with E-state index in [4.69, 9.17) is 9.47 Å². The lowest BCUT2D eigenvalue weighted by atomic mass is 10.3. The molecule has 148 valence electrons. The van der Waals surface area contributed by atoms with Gasteiger partial charge in [0.25, 0.3) is 0 Å². The molecule has 0 aromatic carbocycles. The maximum Gasteiger partial charge on any atom is 0.409 e. The van der Waals surface area contributed by atoms with Crippen LogP contribution < -0.4 is 5.32 Å². The van der Waals surface area contributed by atoms with Gasteiger partial charge in [-0.15, -0.1) is 24.0 Å². The molecule has 9 nitrogen and oxygen atoms in total. The maximum absolute atomic E-state index is 11.7. The highest BCUT2D eigenvalue weighted by atomic mass is 127. The van der Waals surface area contributed by atoms with Gasteiger partial charge in [0.05, 0.1) is 25.6 Å². The van der Waals surface area contributed by atoms with E-state index in [-0.39, 0.29) is 42.4 Å². The molecule has 1 heterocycles. The summed E-state index contributed by atoms with van der Waals surface area (Å²) in [6.45, 7) is 5.82. The highest BCUT2D eigenvalue weighted by molar-refractivity contribution is 14.0. The summed E-state index contributed by atoms with van der Waals surface area (Å²) in [6, 6.07) is 0. The summed E-state index contributed by atoms with van der Waals surface area (Å²) in [6.07, 6.45) is 0.909. The van der Waals surface area contributed by atoms with Crippen molar-refractivity contribution >= 4 is 45.9 Å². The van der Waals surface area contributed by atoms with Crippen molar-refractivity contribution in [1.82, 2.24) is 15.1 Å². The normalized spacial score (nSPS) is 15.6. The average Bonchev–Trinajstić information content (AvgIpc) is 2.54. The molecule has 0 aromatic heterocycles. The second kappa shape index (κ2) is 12.5. The molecule has 1 rings (SSSR count).